The quantitative estimate of drug-likeness (QED) is 0.494. The van der Waals surface area contributed by atoms with Gasteiger partial charge in [0.2, 0.25) is 0 Å². The Bertz CT molecular complexity index is 454. The minimum Gasteiger partial charge on any atom is -0.352 e. The second kappa shape index (κ2) is 7.38. The third-order valence-corrected chi connectivity index (χ3v) is 3.58. The fourth-order valence-corrected chi connectivity index (χ4v) is 2.14. The minimum atomic E-state index is -0.519. The van der Waals surface area contributed by atoms with Gasteiger partial charge in [0.05, 0.1) is 9.40 Å². The Balaban J connectivity index is 2.68. The molecule has 1 amide bonds. The lowest BCUT2D eigenvalue weighted by Crippen LogP contribution is -2.24. The zero-order valence-corrected chi connectivity index (χ0v) is 12.2. The number of benzene rings is 1. The molecule has 7 heteroatoms. The molecule has 18 heavy (non-hydrogen) atoms. The largest absolute Gasteiger partial charge is 0.352 e. The second-order valence-corrected chi connectivity index (χ2v) is 5.37. The Morgan fingerprint density at radius 1 is 1.56 bits per heavy atom. The van der Waals surface area contributed by atoms with E-state index in [0.717, 1.165) is 12.2 Å². The van der Waals surface area contributed by atoms with Crippen LogP contribution in [-0.4, -0.2) is 29.4 Å². The summed E-state index contributed by atoms with van der Waals surface area (Å²) in [4.78, 5) is 22.0. The summed E-state index contributed by atoms with van der Waals surface area (Å²) in [5.41, 5.74) is 0.195. The van der Waals surface area contributed by atoms with Gasteiger partial charge in [0, 0.05) is 18.2 Å². The summed E-state index contributed by atoms with van der Waals surface area (Å²) in [6, 6.07) is 4.34. The Hall–Kier alpha value is -1.08. The Morgan fingerprint density at radius 3 is 2.89 bits per heavy atom. The molecule has 5 nitrogen and oxygen atoms in total. The molecule has 1 N–H and O–H groups in total. The highest BCUT2D eigenvalue weighted by atomic mass is 79.9. The molecule has 0 aliphatic rings. The zero-order chi connectivity index (χ0) is 13.5. The highest BCUT2D eigenvalue weighted by molar-refractivity contribution is 9.10. The number of amides is 1. The molecule has 0 atom stereocenters. The van der Waals surface area contributed by atoms with Crippen LogP contribution in [0.2, 0.25) is 0 Å². The van der Waals surface area contributed by atoms with Gasteiger partial charge in [-0.1, -0.05) is 0 Å². The molecule has 1 rings (SSSR count). The van der Waals surface area contributed by atoms with Crippen molar-refractivity contribution < 1.29 is 9.72 Å². The van der Waals surface area contributed by atoms with Gasteiger partial charge in [-0.3, -0.25) is 14.9 Å². The second-order valence-electron chi connectivity index (χ2n) is 3.53. The number of halogens is 1. The number of nitrogens with one attached hydrogen (secondary N) is 1. The van der Waals surface area contributed by atoms with E-state index < -0.39 is 4.92 Å². The normalized spacial score (nSPS) is 10.1. The average Bonchev–Trinajstić information content (AvgIpc) is 2.34. The van der Waals surface area contributed by atoms with Crippen LogP contribution in [0.1, 0.15) is 16.8 Å². The molecule has 0 bridgehead atoms. The van der Waals surface area contributed by atoms with Gasteiger partial charge in [0.15, 0.2) is 0 Å². The molecule has 0 radical (unpaired) electrons. The molecule has 0 spiro atoms. The smallest absolute Gasteiger partial charge is 0.284 e. The lowest BCUT2D eigenvalue weighted by Gasteiger charge is -2.05. The van der Waals surface area contributed by atoms with E-state index in [1.54, 1.807) is 17.8 Å². The van der Waals surface area contributed by atoms with Crippen LogP contribution in [0.25, 0.3) is 0 Å². The van der Waals surface area contributed by atoms with Crippen LogP contribution in [0.3, 0.4) is 0 Å². The number of nitro benzene ring substituents is 1. The topological polar surface area (TPSA) is 72.2 Å². The number of nitrogens with zero attached hydrogens (tertiary/aromatic N) is 1. The maximum Gasteiger partial charge on any atom is 0.284 e. The van der Waals surface area contributed by atoms with Crippen molar-refractivity contribution in [3.05, 3.63) is 38.3 Å². The van der Waals surface area contributed by atoms with Crippen molar-refractivity contribution in [1.82, 2.24) is 5.32 Å². The van der Waals surface area contributed by atoms with Crippen LogP contribution in [-0.2, 0) is 0 Å². The molecule has 98 valence electrons. The molecule has 0 saturated carbocycles. The van der Waals surface area contributed by atoms with E-state index in [9.17, 15) is 14.9 Å². The predicted molar refractivity (Wildman–Crippen MR) is 76.1 cm³/mol. The van der Waals surface area contributed by atoms with E-state index in [1.165, 1.54) is 12.1 Å². The van der Waals surface area contributed by atoms with Crippen LogP contribution < -0.4 is 5.32 Å². The third kappa shape index (κ3) is 4.30. The molecule has 0 aliphatic carbocycles. The van der Waals surface area contributed by atoms with E-state index >= 15 is 0 Å². The zero-order valence-electron chi connectivity index (χ0n) is 9.81. The maximum atomic E-state index is 11.7. The van der Waals surface area contributed by atoms with Crippen molar-refractivity contribution >= 4 is 39.3 Å². The standard InChI is InChI=1S/C11H13BrN2O3S/c1-18-6-2-5-13-11(15)8-3-4-9(12)10(7-8)14(16)17/h3-4,7H,2,5-6H2,1H3,(H,13,15). The minimum absolute atomic E-state index is 0.105. The number of hydrogen-bond donors (Lipinski definition) is 1. The number of thioether (sulfide) groups is 1. The van der Waals surface area contributed by atoms with Crippen molar-refractivity contribution in [3.8, 4) is 0 Å². The van der Waals surface area contributed by atoms with E-state index in [4.69, 9.17) is 0 Å². The summed E-state index contributed by atoms with van der Waals surface area (Å²) in [6.45, 7) is 0.573. The maximum absolute atomic E-state index is 11.7. The molecular formula is C11H13BrN2O3S. The van der Waals surface area contributed by atoms with Gasteiger partial charge in [0.25, 0.3) is 11.6 Å². The highest BCUT2D eigenvalue weighted by Gasteiger charge is 2.15. The summed E-state index contributed by atoms with van der Waals surface area (Å²) in [7, 11) is 0. The fraction of sp³-hybridized carbons (Fsp3) is 0.364. The lowest BCUT2D eigenvalue weighted by atomic mass is 10.2. The Morgan fingerprint density at radius 2 is 2.28 bits per heavy atom. The predicted octanol–water partition coefficient (Wildman–Crippen LogP) is 2.84. The van der Waals surface area contributed by atoms with Crippen molar-refractivity contribution in [3.63, 3.8) is 0 Å². The third-order valence-electron chi connectivity index (χ3n) is 2.22. The first-order chi connectivity index (χ1) is 8.56. The molecular weight excluding hydrogens is 320 g/mol. The summed E-state index contributed by atoms with van der Waals surface area (Å²) in [5, 5.41) is 13.5. The number of nitro groups is 1. The van der Waals surface area contributed by atoms with Crippen molar-refractivity contribution in [1.29, 1.82) is 0 Å². The van der Waals surface area contributed by atoms with Gasteiger partial charge < -0.3 is 5.32 Å². The summed E-state index contributed by atoms with van der Waals surface area (Å²) in [6.07, 6.45) is 2.88. The summed E-state index contributed by atoms with van der Waals surface area (Å²) >= 11 is 4.79. The van der Waals surface area contributed by atoms with Gasteiger partial charge in [0.1, 0.15) is 0 Å². The van der Waals surface area contributed by atoms with Crippen molar-refractivity contribution in [2.45, 2.75) is 6.42 Å². The Kier molecular flexibility index (Phi) is 6.14. The van der Waals surface area contributed by atoms with Gasteiger partial charge in [-0.2, -0.15) is 11.8 Å². The van der Waals surface area contributed by atoms with Crippen LogP contribution in [0.15, 0.2) is 22.7 Å². The number of carbonyl (C=O) groups is 1. The number of rotatable bonds is 6. The van der Waals surface area contributed by atoms with E-state index in [-0.39, 0.29) is 11.6 Å². The van der Waals surface area contributed by atoms with Crippen LogP contribution in [0.4, 0.5) is 5.69 Å². The van der Waals surface area contributed by atoms with Crippen LogP contribution in [0.5, 0.6) is 0 Å². The van der Waals surface area contributed by atoms with Crippen LogP contribution >= 0.6 is 27.7 Å². The molecule has 1 aromatic rings. The number of carbonyl (C=O) groups excluding carboxylic acids is 1. The molecule has 0 unspecified atom stereocenters. The molecule has 0 saturated heterocycles. The van der Waals surface area contributed by atoms with Gasteiger partial charge >= 0.3 is 0 Å². The molecule has 1 aromatic carbocycles. The first-order valence-corrected chi connectivity index (χ1v) is 7.46. The van der Waals surface area contributed by atoms with Gasteiger partial charge in [-0.15, -0.1) is 0 Å². The summed E-state index contributed by atoms with van der Waals surface area (Å²) < 4.78 is 0.367. The SMILES string of the molecule is CSCCCNC(=O)c1ccc(Br)c([N+](=O)[O-])c1. The monoisotopic (exact) mass is 332 g/mol. The van der Waals surface area contributed by atoms with Gasteiger partial charge in [-0.05, 0) is 46.5 Å². The molecule has 0 aliphatic heterocycles. The van der Waals surface area contributed by atoms with Gasteiger partial charge in [-0.25, -0.2) is 0 Å². The van der Waals surface area contributed by atoms with Crippen molar-refractivity contribution in [2.75, 3.05) is 18.6 Å². The fourth-order valence-electron chi connectivity index (χ4n) is 1.31. The summed E-state index contributed by atoms with van der Waals surface area (Å²) in [5.74, 6) is 0.688. The first-order valence-electron chi connectivity index (χ1n) is 5.27. The van der Waals surface area contributed by atoms with E-state index in [1.807, 2.05) is 6.26 Å². The molecule has 0 fully saturated rings. The Labute approximate surface area is 118 Å². The average molecular weight is 333 g/mol. The van der Waals surface area contributed by atoms with Crippen molar-refractivity contribution in [2.24, 2.45) is 0 Å². The highest BCUT2D eigenvalue weighted by Crippen LogP contribution is 2.25. The molecule has 0 aromatic heterocycles. The molecule has 0 heterocycles. The first kappa shape index (κ1) is 15.0. The van der Waals surface area contributed by atoms with Crippen LogP contribution in [0, 0.1) is 10.1 Å². The lowest BCUT2D eigenvalue weighted by molar-refractivity contribution is -0.385. The van der Waals surface area contributed by atoms with E-state index in [2.05, 4.69) is 21.2 Å². The van der Waals surface area contributed by atoms with E-state index in [0.29, 0.717) is 16.6 Å². The number of hydrogen-bond acceptors (Lipinski definition) is 4.